The first kappa shape index (κ1) is 28.6. The number of amides is 1. The molecule has 1 fully saturated rings. The molecule has 0 aliphatic carbocycles. The third-order valence-electron chi connectivity index (χ3n) is 7.35. The lowest BCUT2D eigenvalue weighted by Gasteiger charge is -2.29. The zero-order valence-electron chi connectivity index (χ0n) is 24.0. The summed E-state index contributed by atoms with van der Waals surface area (Å²) < 4.78 is 19.8. The number of carbonyl (C=O) groups is 1. The minimum absolute atomic E-state index is 0.0263. The van der Waals surface area contributed by atoms with Gasteiger partial charge in [0.25, 0.3) is 5.56 Å². The normalized spacial score (nSPS) is 16.7. The molecule has 216 valence electrons. The van der Waals surface area contributed by atoms with Gasteiger partial charge in [-0.3, -0.25) is 14.6 Å². The Bertz CT molecular complexity index is 1780. The fourth-order valence-electron chi connectivity index (χ4n) is 5.24. The highest BCUT2D eigenvalue weighted by Gasteiger charge is 2.37. The second-order valence-electron chi connectivity index (χ2n) is 10.6. The van der Waals surface area contributed by atoms with Crippen LogP contribution in [0.5, 0.6) is 5.75 Å². The van der Waals surface area contributed by atoms with E-state index >= 15 is 0 Å². The quantitative estimate of drug-likeness (QED) is 0.221. The molecular weight excluding hydrogens is 535 g/mol. The van der Waals surface area contributed by atoms with Crippen LogP contribution in [0.3, 0.4) is 0 Å². The van der Waals surface area contributed by atoms with Crippen molar-refractivity contribution < 1.29 is 13.9 Å². The smallest absolute Gasteiger partial charge is 0.259 e. The fraction of sp³-hybridized carbons (Fsp3) is 0.281. The number of nitrogens with one attached hydrogen (secondary N) is 3. The zero-order chi connectivity index (χ0) is 29.9. The predicted octanol–water partition coefficient (Wildman–Crippen LogP) is 4.66. The fourth-order valence-corrected chi connectivity index (χ4v) is 5.24. The van der Waals surface area contributed by atoms with Gasteiger partial charge in [0.15, 0.2) is 11.6 Å². The van der Waals surface area contributed by atoms with Crippen LogP contribution in [-0.2, 0) is 4.79 Å². The first-order valence-corrected chi connectivity index (χ1v) is 13.6. The Morgan fingerprint density at radius 1 is 1.31 bits per heavy atom. The van der Waals surface area contributed by atoms with Crippen LogP contribution in [-0.4, -0.2) is 70.5 Å². The molecule has 1 aromatic carbocycles. The van der Waals surface area contributed by atoms with Crippen molar-refractivity contribution in [2.75, 3.05) is 39.6 Å². The number of benzene rings is 1. The van der Waals surface area contributed by atoms with Gasteiger partial charge in [-0.05, 0) is 58.1 Å². The summed E-state index contributed by atoms with van der Waals surface area (Å²) in [7, 11) is 5.29. The molecular formula is C32H33FN6O3. The first-order valence-electron chi connectivity index (χ1n) is 13.6. The van der Waals surface area contributed by atoms with Crippen LogP contribution in [0.1, 0.15) is 25.3 Å². The highest BCUT2D eigenvalue weighted by molar-refractivity contribution is 6.03. The molecule has 10 heteroatoms. The molecule has 1 aliphatic heterocycles. The minimum atomic E-state index is -0.653. The van der Waals surface area contributed by atoms with Gasteiger partial charge in [0.05, 0.1) is 40.6 Å². The Labute approximate surface area is 243 Å². The van der Waals surface area contributed by atoms with E-state index in [1.807, 2.05) is 36.9 Å². The van der Waals surface area contributed by atoms with Gasteiger partial charge in [0, 0.05) is 43.3 Å². The van der Waals surface area contributed by atoms with Crippen LogP contribution >= 0.6 is 0 Å². The van der Waals surface area contributed by atoms with Crippen LogP contribution in [0, 0.1) is 17.7 Å². The van der Waals surface area contributed by atoms with Crippen LogP contribution in [0.25, 0.3) is 22.2 Å². The Morgan fingerprint density at radius 3 is 2.93 bits per heavy atom. The molecule has 4 aromatic rings. The van der Waals surface area contributed by atoms with Crippen molar-refractivity contribution in [2.24, 2.45) is 0 Å². The maximum Gasteiger partial charge on any atom is 0.259 e. The van der Waals surface area contributed by atoms with Crippen molar-refractivity contribution in [1.82, 2.24) is 24.8 Å². The molecule has 5 rings (SSSR count). The Hall–Kier alpha value is -4.88. The molecule has 1 amide bonds. The van der Waals surface area contributed by atoms with E-state index in [1.165, 1.54) is 13.2 Å². The second kappa shape index (κ2) is 11.9. The van der Waals surface area contributed by atoms with Gasteiger partial charge < -0.3 is 29.8 Å². The van der Waals surface area contributed by atoms with Gasteiger partial charge in [-0.2, -0.15) is 0 Å². The van der Waals surface area contributed by atoms with Gasteiger partial charge in [0.1, 0.15) is 5.54 Å². The third-order valence-corrected chi connectivity index (χ3v) is 7.35. The summed E-state index contributed by atoms with van der Waals surface area (Å²) in [5, 5.41) is 3.60. The van der Waals surface area contributed by atoms with Crippen molar-refractivity contribution in [3.8, 4) is 28.8 Å². The van der Waals surface area contributed by atoms with E-state index in [2.05, 4.69) is 32.1 Å². The third kappa shape index (κ3) is 5.64. The van der Waals surface area contributed by atoms with Gasteiger partial charge in [0.2, 0.25) is 5.91 Å². The van der Waals surface area contributed by atoms with E-state index < -0.39 is 11.4 Å². The van der Waals surface area contributed by atoms with Crippen LogP contribution in [0.15, 0.2) is 65.9 Å². The molecule has 1 atom stereocenters. The van der Waals surface area contributed by atoms with E-state index in [4.69, 9.17) is 4.74 Å². The van der Waals surface area contributed by atoms with Crippen molar-refractivity contribution in [1.29, 1.82) is 0 Å². The number of hydrogen-bond acceptors (Lipinski definition) is 6. The van der Waals surface area contributed by atoms with Gasteiger partial charge in [-0.1, -0.05) is 24.0 Å². The molecule has 3 aromatic heterocycles. The second-order valence-corrected chi connectivity index (χ2v) is 10.6. The molecule has 1 aliphatic rings. The summed E-state index contributed by atoms with van der Waals surface area (Å²) in [6.45, 7) is 3.28. The summed E-state index contributed by atoms with van der Waals surface area (Å²) in [5.41, 5.74) is 2.31. The standard InChI is InChI=1S/C32H33FN6O3/c1-32(14-7-19-39(32)26(40)10-6-18-38(2)3)15-11-21-20-34-16-12-22(21)28-29(27-24(36-28)13-17-35-31(27)41)37-25-9-5-8-23(33)30(25)42-4/h5-6,8-10,12-13,16-17,20,36-37H,7,14,18-19H2,1-4H3,(H,35,41)/b10-6+/t32-/m1/s1. The number of halogens is 1. The first-order chi connectivity index (χ1) is 20.2. The number of pyridine rings is 2. The molecule has 3 N–H and O–H groups in total. The zero-order valence-corrected chi connectivity index (χ0v) is 24.0. The number of likely N-dealkylation sites (tertiary alicyclic amines) is 1. The van der Waals surface area contributed by atoms with Crippen molar-refractivity contribution in [3.63, 3.8) is 0 Å². The molecule has 0 unspecified atom stereocenters. The van der Waals surface area contributed by atoms with Crippen molar-refractivity contribution in [2.45, 2.75) is 25.3 Å². The minimum Gasteiger partial charge on any atom is -0.492 e. The molecule has 0 saturated carbocycles. The number of likely N-dealkylation sites (N-methyl/N-ethyl adjacent to an activating group) is 1. The van der Waals surface area contributed by atoms with E-state index in [1.54, 1.807) is 48.9 Å². The van der Waals surface area contributed by atoms with Crippen molar-refractivity contribution >= 4 is 28.2 Å². The highest BCUT2D eigenvalue weighted by Crippen LogP contribution is 2.39. The predicted molar refractivity (Wildman–Crippen MR) is 162 cm³/mol. The Morgan fingerprint density at radius 2 is 2.14 bits per heavy atom. The maximum absolute atomic E-state index is 14.5. The van der Waals surface area contributed by atoms with Gasteiger partial charge >= 0.3 is 0 Å². The number of para-hydroxylation sites is 1. The number of nitrogens with zero attached hydrogens (tertiary/aromatic N) is 3. The summed E-state index contributed by atoms with van der Waals surface area (Å²) in [5.74, 6) is 6.06. The monoisotopic (exact) mass is 568 g/mol. The largest absolute Gasteiger partial charge is 0.492 e. The summed E-state index contributed by atoms with van der Waals surface area (Å²) in [6, 6.07) is 8.11. The molecule has 0 spiro atoms. The van der Waals surface area contributed by atoms with Crippen LogP contribution in [0.4, 0.5) is 15.8 Å². The molecule has 1 saturated heterocycles. The molecule has 4 heterocycles. The molecule has 0 radical (unpaired) electrons. The van der Waals surface area contributed by atoms with Crippen LogP contribution < -0.4 is 15.6 Å². The molecule has 9 nitrogen and oxygen atoms in total. The van der Waals surface area contributed by atoms with E-state index in [0.29, 0.717) is 52.2 Å². The summed E-state index contributed by atoms with van der Waals surface area (Å²) in [4.78, 5) is 40.2. The van der Waals surface area contributed by atoms with Gasteiger partial charge in [-0.15, -0.1) is 0 Å². The molecule has 42 heavy (non-hydrogen) atoms. The lowest BCUT2D eigenvalue weighted by atomic mass is 9.98. The van der Waals surface area contributed by atoms with Crippen molar-refractivity contribution in [3.05, 3.63) is 82.8 Å². The van der Waals surface area contributed by atoms with Gasteiger partial charge in [-0.25, -0.2) is 4.39 Å². The van der Waals surface area contributed by atoms with E-state index in [9.17, 15) is 14.0 Å². The lowest BCUT2D eigenvalue weighted by Crippen LogP contribution is -2.43. The lowest BCUT2D eigenvalue weighted by molar-refractivity contribution is -0.128. The average Bonchev–Trinajstić information content (AvgIpc) is 3.53. The SMILES string of the molecule is COc1c(F)cccc1Nc1c(-c2ccncc2C#C[C@@]2(C)CCCN2C(=O)/C=C/CN(C)C)[nH]c2cc[nH]c(=O)c12. The topological polar surface area (TPSA) is 106 Å². The number of hydrogen-bond donors (Lipinski definition) is 3. The number of rotatable bonds is 7. The van der Waals surface area contributed by atoms with E-state index in [0.717, 1.165) is 12.8 Å². The number of H-pyrrole nitrogens is 2. The number of fused-ring (bicyclic) bond motifs is 1. The number of aromatic nitrogens is 3. The average molecular weight is 569 g/mol. The van der Waals surface area contributed by atoms with E-state index in [-0.39, 0.29) is 17.2 Å². The summed E-state index contributed by atoms with van der Waals surface area (Å²) in [6.07, 6.45) is 9.93. The number of anilines is 2. The number of ether oxygens (including phenoxy) is 1. The number of methoxy groups -OCH3 is 1. The molecule has 0 bridgehead atoms. The highest BCUT2D eigenvalue weighted by atomic mass is 19.1. The number of carbonyl (C=O) groups excluding carboxylic acids is 1. The van der Waals surface area contributed by atoms with Crippen LogP contribution in [0.2, 0.25) is 0 Å². The maximum atomic E-state index is 14.5. The summed E-state index contributed by atoms with van der Waals surface area (Å²) >= 11 is 0. The Kier molecular flexibility index (Phi) is 8.13. The Balaban J connectivity index is 1.58. The number of aromatic amines is 2.